The van der Waals surface area contributed by atoms with E-state index in [0.717, 1.165) is 12.0 Å². The molecule has 0 saturated carbocycles. The Morgan fingerprint density at radius 1 is 1.30 bits per heavy atom. The quantitative estimate of drug-likeness (QED) is 0.910. The number of hydrogen-bond acceptors (Lipinski definition) is 3. The van der Waals surface area contributed by atoms with E-state index < -0.39 is 0 Å². The van der Waals surface area contributed by atoms with E-state index in [1.54, 1.807) is 6.07 Å². The molecule has 0 fully saturated rings. The second-order valence-corrected chi connectivity index (χ2v) is 5.80. The van der Waals surface area contributed by atoms with Crippen LogP contribution in [0.15, 0.2) is 41.8 Å². The molecule has 1 amide bonds. The average molecular weight is 288 g/mol. The highest BCUT2D eigenvalue weighted by Crippen LogP contribution is 2.23. The van der Waals surface area contributed by atoms with Gasteiger partial charge in [-0.1, -0.05) is 37.3 Å². The normalized spacial score (nSPS) is 12.1. The number of thiophene rings is 1. The Balaban J connectivity index is 2.24. The summed E-state index contributed by atoms with van der Waals surface area (Å²) in [5.41, 5.74) is 7.58. The van der Waals surface area contributed by atoms with E-state index in [9.17, 15) is 4.79 Å². The number of nitrogen functional groups attached to an aromatic ring is 1. The molecule has 0 aliphatic heterocycles. The van der Waals surface area contributed by atoms with Crippen LogP contribution in [0.25, 0.3) is 0 Å². The summed E-state index contributed by atoms with van der Waals surface area (Å²) in [5, 5.41) is 1.86. The van der Waals surface area contributed by atoms with Gasteiger partial charge in [0, 0.05) is 12.6 Å². The van der Waals surface area contributed by atoms with Gasteiger partial charge in [-0.25, -0.2) is 0 Å². The summed E-state index contributed by atoms with van der Waals surface area (Å²) in [7, 11) is 0. The van der Waals surface area contributed by atoms with Crippen LogP contribution >= 0.6 is 11.3 Å². The number of nitrogens with zero attached hydrogens (tertiary/aromatic N) is 1. The van der Waals surface area contributed by atoms with Gasteiger partial charge in [-0.2, -0.15) is 0 Å². The van der Waals surface area contributed by atoms with Gasteiger partial charge >= 0.3 is 0 Å². The predicted octanol–water partition coefficient (Wildman–Crippen LogP) is 3.77. The van der Waals surface area contributed by atoms with Gasteiger partial charge in [0.2, 0.25) is 0 Å². The van der Waals surface area contributed by atoms with Crippen molar-refractivity contribution >= 4 is 22.9 Å². The van der Waals surface area contributed by atoms with Gasteiger partial charge in [0.15, 0.2) is 0 Å². The summed E-state index contributed by atoms with van der Waals surface area (Å²) in [6, 6.07) is 12.0. The molecule has 4 heteroatoms. The van der Waals surface area contributed by atoms with Gasteiger partial charge in [0.1, 0.15) is 4.88 Å². The zero-order valence-electron chi connectivity index (χ0n) is 11.9. The Kier molecular flexibility index (Phi) is 4.79. The van der Waals surface area contributed by atoms with Crippen LogP contribution in [0.4, 0.5) is 5.69 Å². The van der Waals surface area contributed by atoms with Crippen molar-refractivity contribution in [3.63, 3.8) is 0 Å². The molecule has 3 nitrogen and oxygen atoms in total. The van der Waals surface area contributed by atoms with Crippen LogP contribution in [0.5, 0.6) is 0 Å². The van der Waals surface area contributed by atoms with Crippen LogP contribution < -0.4 is 5.73 Å². The molecule has 0 aliphatic rings. The third kappa shape index (κ3) is 3.20. The standard InChI is InChI=1S/C16H20N2OS/c1-3-12(2)18(11-13-7-5-4-6-8-13)16(19)15-14(17)9-10-20-15/h4-10,12H,3,11,17H2,1-2H3. The molecule has 1 heterocycles. The number of benzene rings is 1. The van der Waals surface area contributed by atoms with E-state index in [1.165, 1.54) is 11.3 Å². The third-order valence-electron chi connectivity index (χ3n) is 3.47. The van der Waals surface area contributed by atoms with Crippen LogP contribution in [0.3, 0.4) is 0 Å². The lowest BCUT2D eigenvalue weighted by molar-refractivity contribution is 0.0677. The van der Waals surface area contributed by atoms with Crippen molar-refractivity contribution in [1.29, 1.82) is 0 Å². The summed E-state index contributed by atoms with van der Waals surface area (Å²) in [6.45, 7) is 4.78. The summed E-state index contributed by atoms with van der Waals surface area (Å²) >= 11 is 1.41. The van der Waals surface area contributed by atoms with E-state index in [2.05, 4.69) is 13.8 Å². The summed E-state index contributed by atoms with van der Waals surface area (Å²) in [5.74, 6) is 0.0238. The van der Waals surface area contributed by atoms with Gasteiger partial charge in [0.25, 0.3) is 5.91 Å². The van der Waals surface area contributed by atoms with Crippen LogP contribution in [-0.2, 0) is 6.54 Å². The first-order chi connectivity index (χ1) is 9.63. The molecule has 0 aliphatic carbocycles. The second kappa shape index (κ2) is 6.57. The fourth-order valence-corrected chi connectivity index (χ4v) is 2.82. The Labute approximate surface area is 124 Å². The van der Waals surface area contributed by atoms with Crippen molar-refractivity contribution in [1.82, 2.24) is 4.90 Å². The van der Waals surface area contributed by atoms with E-state index in [-0.39, 0.29) is 11.9 Å². The van der Waals surface area contributed by atoms with Gasteiger partial charge < -0.3 is 10.6 Å². The smallest absolute Gasteiger partial charge is 0.266 e. The van der Waals surface area contributed by atoms with Crippen LogP contribution in [0, 0.1) is 0 Å². The molecular formula is C16H20N2OS. The first-order valence-corrected chi connectivity index (χ1v) is 7.69. The molecule has 20 heavy (non-hydrogen) atoms. The van der Waals surface area contributed by atoms with E-state index in [4.69, 9.17) is 5.73 Å². The van der Waals surface area contributed by atoms with E-state index in [0.29, 0.717) is 17.1 Å². The minimum atomic E-state index is 0.0238. The highest BCUT2D eigenvalue weighted by Gasteiger charge is 2.23. The molecule has 2 N–H and O–H groups in total. The van der Waals surface area contributed by atoms with Crippen molar-refractivity contribution < 1.29 is 4.79 Å². The number of nitrogens with two attached hydrogens (primary N) is 1. The van der Waals surface area contributed by atoms with Gasteiger partial charge in [-0.15, -0.1) is 11.3 Å². The molecule has 1 aromatic heterocycles. The summed E-state index contributed by atoms with van der Waals surface area (Å²) < 4.78 is 0. The zero-order valence-corrected chi connectivity index (χ0v) is 12.7. The monoisotopic (exact) mass is 288 g/mol. The van der Waals surface area contributed by atoms with Gasteiger partial charge in [-0.05, 0) is 30.4 Å². The molecule has 0 radical (unpaired) electrons. The fourth-order valence-electron chi connectivity index (χ4n) is 2.05. The van der Waals surface area contributed by atoms with Crippen molar-refractivity contribution in [3.8, 4) is 0 Å². The average Bonchev–Trinajstić information content (AvgIpc) is 2.90. The SMILES string of the molecule is CCC(C)N(Cc1ccccc1)C(=O)c1sccc1N. The molecule has 0 bridgehead atoms. The first kappa shape index (κ1) is 14.6. The first-order valence-electron chi connectivity index (χ1n) is 6.81. The van der Waals surface area contributed by atoms with Gasteiger partial charge in [-0.3, -0.25) is 4.79 Å². The maximum Gasteiger partial charge on any atom is 0.266 e. The lowest BCUT2D eigenvalue weighted by Gasteiger charge is -2.28. The van der Waals surface area contributed by atoms with Crippen molar-refractivity contribution in [2.45, 2.75) is 32.9 Å². The highest BCUT2D eigenvalue weighted by atomic mass is 32.1. The predicted molar refractivity (Wildman–Crippen MR) is 84.8 cm³/mol. The van der Waals surface area contributed by atoms with Crippen molar-refractivity contribution in [2.75, 3.05) is 5.73 Å². The maximum absolute atomic E-state index is 12.7. The van der Waals surface area contributed by atoms with Crippen LogP contribution in [-0.4, -0.2) is 16.8 Å². The van der Waals surface area contributed by atoms with Gasteiger partial charge in [0.05, 0.1) is 5.69 Å². The largest absolute Gasteiger partial charge is 0.397 e. The number of anilines is 1. The number of carbonyl (C=O) groups excluding carboxylic acids is 1. The van der Waals surface area contributed by atoms with Crippen LogP contribution in [0.1, 0.15) is 35.5 Å². The lowest BCUT2D eigenvalue weighted by atomic mass is 10.1. The zero-order chi connectivity index (χ0) is 14.5. The topological polar surface area (TPSA) is 46.3 Å². The molecule has 0 saturated heterocycles. The molecule has 2 rings (SSSR count). The molecule has 106 valence electrons. The summed E-state index contributed by atoms with van der Waals surface area (Å²) in [6.07, 6.45) is 0.920. The molecule has 0 spiro atoms. The maximum atomic E-state index is 12.7. The fraction of sp³-hybridized carbons (Fsp3) is 0.312. The summed E-state index contributed by atoms with van der Waals surface area (Å²) in [4.78, 5) is 15.2. The Morgan fingerprint density at radius 2 is 2.00 bits per heavy atom. The number of carbonyl (C=O) groups is 1. The molecule has 1 atom stereocenters. The van der Waals surface area contributed by atoms with Crippen LogP contribution in [0.2, 0.25) is 0 Å². The minimum absolute atomic E-state index is 0.0238. The molecular weight excluding hydrogens is 268 g/mol. The molecule has 2 aromatic rings. The highest BCUT2D eigenvalue weighted by molar-refractivity contribution is 7.12. The minimum Gasteiger partial charge on any atom is -0.397 e. The molecule has 1 unspecified atom stereocenters. The third-order valence-corrected chi connectivity index (χ3v) is 4.39. The van der Waals surface area contributed by atoms with E-state index >= 15 is 0 Å². The lowest BCUT2D eigenvalue weighted by Crippen LogP contribution is -2.37. The Morgan fingerprint density at radius 3 is 2.55 bits per heavy atom. The number of hydrogen-bond donors (Lipinski definition) is 1. The van der Waals surface area contributed by atoms with Crippen molar-refractivity contribution in [2.24, 2.45) is 0 Å². The number of amides is 1. The van der Waals surface area contributed by atoms with Crippen molar-refractivity contribution in [3.05, 3.63) is 52.2 Å². The molecule has 1 aromatic carbocycles. The van der Waals surface area contributed by atoms with E-state index in [1.807, 2.05) is 40.6 Å². The Bertz CT molecular complexity index is 565. The number of rotatable bonds is 5. The Hall–Kier alpha value is -1.81. The second-order valence-electron chi connectivity index (χ2n) is 4.88.